The molecule has 1 aromatic carbocycles. The summed E-state index contributed by atoms with van der Waals surface area (Å²) in [6.45, 7) is 4.15. The van der Waals surface area contributed by atoms with Gasteiger partial charge in [0.15, 0.2) is 0 Å². The SMILES string of the molecule is COCC1(CNC(=O)c2ccc(F)c(NC(C)=O)c2)CCNCC1. The minimum Gasteiger partial charge on any atom is -0.384 e. The smallest absolute Gasteiger partial charge is 0.251 e. The molecule has 6 nitrogen and oxygen atoms in total. The highest BCUT2D eigenvalue weighted by Crippen LogP contribution is 2.28. The zero-order valence-corrected chi connectivity index (χ0v) is 14.1. The quantitative estimate of drug-likeness (QED) is 0.735. The second-order valence-electron chi connectivity index (χ2n) is 6.24. The predicted octanol–water partition coefficient (Wildman–Crippen LogP) is 1.53. The molecule has 1 aliphatic rings. The van der Waals surface area contributed by atoms with Gasteiger partial charge in [-0.15, -0.1) is 0 Å². The molecular weight excluding hydrogens is 313 g/mol. The van der Waals surface area contributed by atoms with Crippen LogP contribution in [0, 0.1) is 11.2 Å². The first kappa shape index (κ1) is 18.4. The monoisotopic (exact) mass is 337 g/mol. The average Bonchev–Trinajstić information content (AvgIpc) is 2.55. The maximum atomic E-state index is 13.7. The first-order chi connectivity index (χ1) is 11.5. The Hall–Kier alpha value is -1.99. The van der Waals surface area contributed by atoms with Crippen LogP contribution in [0.3, 0.4) is 0 Å². The summed E-state index contributed by atoms with van der Waals surface area (Å²) in [4.78, 5) is 23.5. The van der Waals surface area contributed by atoms with Crippen molar-refractivity contribution in [3.05, 3.63) is 29.6 Å². The van der Waals surface area contributed by atoms with Crippen LogP contribution < -0.4 is 16.0 Å². The molecule has 0 atom stereocenters. The van der Waals surface area contributed by atoms with Gasteiger partial charge in [-0.05, 0) is 44.1 Å². The highest BCUT2D eigenvalue weighted by molar-refractivity contribution is 5.96. The number of methoxy groups -OCH3 is 1. The summed E-state index contributed by atoms with van der Waals surface area (Å²) in [7, 11) is 1.66. The molecule has 2 amide bonds. The van der Waals surface area contributed by atoms with Crippen molar-refractivity contribution in [1.82, 2.24) is 10.6 Å². The van der Waals surface area contributed by atoms with Crippen molar-refractivity contribution in [1.29, 1.82) is 0 Å². The van der Waals surface area contributed by atoms with Gasteiger partial charge in [-0.25, -0.2) is 4.39 Å². The zero-order valence-electron chi connectivity index (χ0n) is 14.1. The Morgan fingerprint density at radius 1 is 1.33 bits per heavy atom. The molecule has 0 bridgehead atoms. The summed E-state index contributed by atoms with van der Waals surface area (Å²) in [5.41, 5.74) is 0.223. The van der Waals surface area contributed by atoms with E-state index in [0.717, 1.165) is 25.9 Å². The van der Waals surface area contributed by atoms with E-state index >= 15 is 0 Å². The van der Waals surface area contributed by atoms with Crippen molar-refractivity contribution in [3.63, 3.8) is 0 Å². The number of carbonyl (C=O) groups is 2. The Morgan fingerprint density at radius 2 is 2.04 bits per heavy atom. The van der Waals surface area contributed by atoms with E-state index in [-0.39, 0.29) is 22.9 Å². The van der Waals surface area contributed by atoms with E-state index in [4.69, 9.17) is 4.74 Å². The molecule has 132 valence electrons. The normalized spacial score (nSPS) is 16.5. The number of hydrogen-bond donors (Lipinski definition) is 3. The van der Waals surface area contributed by atoms with Crippen molar-refractivity contribution < 1.29 is 18.7 Å². The van der Waals surface area contributed by atoms with E-state index in [1.807, 2.05) is 0 Å². The number of nitrogens with one attached hydrogen (secondary N) is 3. The van der Waals surface area contributed by atoms with Gasteiger partial charge in [0.2, 0.25) is 5.91 Å². The summed E-state index contributed by atoms with van der Waals surface area (Å²) in [5.74, 6) is -1.26. The lowest BCUT2D eigenvalue weighted by Gasteiger charge is -2.37. The van der Waals surface area contributed by atoms with Crippen LogP contribution in [0.2, 0.25) is 0 Å². The molecule has 1 saturated heterocycles. The third-order valence-corrected chi connectivity index (χ3v) is 4.28. The van der Waals surface area contributed by atoms with Crippen molar-refractivity contribution in [2.24, 2.45) is 5.41 Å². The molecule has 0 saturated carbocycles. The Labute approximate surface area is 141 Å². The Kier molecular flexibility index (Phi) is 6.28. The molecule has 1 fully saturated rings. The van der Waals surface area contributed by atoms with E-state index in [1.165, 1.54) is 25.1 Å². The molecule has 1 aliphatic heterocycles. The highest BCUT2D eigenvalue weighted by atomic mass is 19.1. The van der Waals surface area contributed by atoms with Gasteiger partial charge in [-0.3, -0.25) is 9.59 Å². The summed E-state index contributed by atoms with van der Waals surface area (Å²) in [6, 6.07) is 3.93. The van der Waals surface area contributed by atoms with Crippen molar-refractivity contribution in [2.75, 3.05) is 38.7 Å². The van der Waals surface area contributed by atoms with Crippen molar-refractivity contribution >= 4 is 17.5 Å². The second-order valence-corrected chi connectivity index (χ2v) is 6.24. The topological polar surface area (TPSA) is 79.5 Å². The number of benzene rings is 1. The Morgan fingerprint density at radius 3 is 2.67 bits per heavy atom. The second kappa shape index (κ2) is 8.21. The van der Waals surface area contributed by atoms with Crippen LogP contribution in [-0.2, 0) is 9.53 Å². The number of ether oxygens (including phenoxy) is 1. The zero-order chi connectivity index (χ0) is 17.6. The molecule has 0 unspecified atom stereocenters. The van der Waals surface area contributed by atoms with Gasteiger partial charge in [0.25, 0.3) is 5.91 Å². The maximum Gasteiger partial charge on any atom is 0.251 e. The number of amides is 2. The summed E-state index contributed by atoms with van der Waals surface area (Å²) in [6.07, 6.45) is 1.84. The van der Waals surface area contributed by atoms with Gasteiger partial charge in [0.1, 0.15) is 5.82 Å². The fourth-order valence-electron chi connectivity index (χ4n) is 2.96. The van der Waals surface area contributed by atoms with Gasteiger partial charge < -0.3 is 20.7 Å². The van der Waals surface area contributed by atoms with Gasteiger partial charge in [0.05, 0.1) is 12.3 Å². The molecule has 3 N–H and O–H groups in total. The Bertz CT molecular complexity index is 595. The minimum absolute atomic E-state index is 0.00335. The number of anilines is 1. The molecule has 1 heterocycles. The molecular formula is C17H24FN3O3. The van der Waals surface area contributed by atoms with Crippen molar-refractivity contribution in [3.8, 4) is 0 Å². The average molecular weight is 337 g/mol. The van der Waals surface area contributed by atoms with Crippen LogP contribution in [0.1, 0.15) is 30.1 Å². The largest absolute Gasteiger partial charge is 0.384 e. The van der Waals surface area contributed by atoms with Gasteiger partial charge in [0, 0.05) is 31.6 Å². The van der Waals surface area contributed by atoms with Crippen LogP contribution >= 0.6 is 0 Å². The lowest BCUT2D eigenvalue weighted by atomic mass is 9.79. The summed E-state index contributed by atoms with van der Waals surface area (Å²) in [5, 5.41) is 8.59. The first-order valence-corrected chi connectivity index (χ1v) is 8.01. The lowest BCUT2D eigenvalue weighted by molar-refractivity contribution is -0.114. The number of piperidine rings is 1. The van der Waals surface area contributed by atoms with Crippen LogP contribution in [-0.4, -0.2) is 45.2 Å². The van der Waals surface area contributed by atoms with Crippen LogP contribution in [0.25, 0.3) is 0 Å². The van der Waals surface area contributed by atoms with E-state index in [9.17, 15) is 14.0 Å². The fraction of sp³-hybridized carbons (Fsp3) is 0.529. The maximum absolute atomic E-state index is 13.7. The number of hydrogen-bond acceptors (Lipinski definition) is 4. The minimum atomic E-state index is -0.573. The highest BCUT2D eigenvalue weighted by Gasteiger charge is 2.32. The molecule has 2 rings (SSSR count). The molecule has 0 spiro atoms. The third kappa shape index (κ3) is 4.75. The third-order valence-electron chi connectivity index (χ3n) is 4.28. The fourth-order valence-corrected chi connectivity index (χ4v) is 2.96. The molecule has 7 heteroatoms. The number of halogens is 1. The van der Waals surface area contributed by atoms with E-state index in [2.05, 4.69) is 16.0 Å². The number of carbonyl (C=O) groups excluding carboxylic acids is 2. The van der Waals surface area contributed by atoms with E-state index < -0.39 is 5.82 Å². The van der Waals surface area contributed by atoms with Gasteiger partial charge in [-0.2, -0.15) is 0 Å². The number of rotatable bonds is 6. The van der Waals surface area contributed by atoms with Crippen molar-refractivity contribution in [2.45, 2.75) is 19.8 Å². The first-order valence-electron chi connectivity index (χ1n) is 8.01. The Balaban J connectivity index is 2.04. The summed E-state index contributed by atoms with van der Waals surface area (Å²) < 4.78 is 19.0. The molecule has 1 aromatic rings. The molecule has 0 radical (unpaired) electrons. The molecule has 0 aliphatic carbocycles. The van der Waals surface area contributed by atoms with Gasteiger partial charge >= 0.3 is 0 Å². The predicted molar refractivity (Wildman–Crippen MR) is 89.4 cm³/mol. The van der Waals surface area contributed by atoms with Crippen LogP contribution in [0.5, 0.6) is 0 Å². The van der Waals surface area contributed by atoms with Gasteiger partial charge in [-0.1, -0.05) is 0 Å². The van der Waals surface area contributed by atoms with E-state index in [1.54, 1.807) is 7.11 Å². The lowest BCUT2D eigenvalue weighted by Crippen LogP contribution is -2.47. The molecule has 0 aromatic heterocycles. The van der Waals surface area contributed by atoms with Crippen LogP contribution in [0.15, 0.2) is 18.2 Å². The summed E-state index contributed by atoms with van der Waals surface area (Å²) >= 11 is 0. The van der Waals surface area contributed by atoms with E-state index in [0.29, 0.717) is 18.7 Å². The molecule has 24 heavy (non-hydrogen) atoms. The standard InChI is InChI=1S/C17H24FN3O3/c1-12(22)21-15-9-13(3-4-14(15)18)16(23)20-10-17(11-24-2)5-7-19-8-6-17/h3-4,9,19H,5-8,10-11H2,1-2H3,(H,20,23)(H,21,22). The van der Waals surface area contributed by atoms with Crippen LogP contribution in [0.4, 0.5) is 10.1 Å².